The Morgan fingerprint density at radius 3 is 3.10 bits per heavy atom. The van der Waals surface area contributed by atoms with Gasteiger partial charge in [-0.2, -0.15) is 0 Å². The molecule has 1 unspecified atom stereocenters. The maximum Gasteiger partial charge on any atom is 0.115 e. The highest BCUT2D eigenvalue weighted by Gasteiger charge is 2.20. The molecule has 0 fully saturated rings. The number of anilines is 1. The van der Waals surface area contributed by atoms with E-state index in [1.807, 2.05) is 17.6 Å². The molecule has 0 aliphatic heterocycles. The Morgan fingerprint density at radius 1 is 1.19 bits per heavy atom. The van der Waals surface area contributed by atoms with E-state index in [1.54, 1.807) is 17.4 Å². The molecule has 1 aliphatic carbocycles. The second-order valence-electron chi connectivity index (χ2n) is 5.51. The molecule has 0 saturated heterocycles. The van der Waals surface area contributed by atoms with Gasteiger partial charge in [0, 0.05) is 5.69 Å². The second kappa shape index (κ2) is 5.04. The Morgan fingerprint density at radius 2 is 2.14 bits per heavy atom. The third-order valence-corrected chi connectivity index (χ3v) is 4.91. The molecule has 106 valence electrons. The highest BCUT2D eigenvalue weighted by atomic mass is 32.1. The van der Waals surface area contributed by atoms with E-state index in [0.717, 1.165) is 24.0 Å². The van der Waals surface area contributed by atoms with Crippen LogP contribution in [0.25, 0.3) is 10.2 Å². The van der Waals surface area contributed by atoms with E-state index in [1.165, 1.54) is 22.2 Å². The minimum atomic E-state index is 0.270. The number of aryl methyl sites for hydroxylation is 1. The molecule has 2 aromatic carbocycles. The number of rotatable bonds is 2. The first-order valence-corrected chi connectivity index (χ1v) is 8.09. The lowest BCUT2D eigenvalue weighted by molar-refractivity contribution is 0.471. The number of phenols is 1. The van der Waals surface area contributed by atoms with Gasteiger partial charge in [-0.25, -0.2) is 4.98 Å². The molecule has 4 heteroatoms. The molecule has 1 heterocycles. The van der Waals surface area contributed by atoms with Crippen molar-refractivity contribution in [2.24, 2.45) is 0 Å². The Kier molecular flexibility index (Phi) is 3.04. The van der Waals surface area contributed by atoms with Crippen LogP contribution in [0.15, 0.2) is 41.9 Å². The van der Waals surface area contributed by atoms with E-state index in [9.17, 15) is 5.11 Å². The van der Waals surface area contributed by atoms with Crippen LogP contribution < -0.4 is 5.32 Å². The van der Waals surface area contributed by atoms with E-state index in [2.05, 4.69) is 28.5 Å². The Bertz CT molecular complexity index is 796. The minimum absolute atomic E-state index is 0.270. The van der Waals surface area contributed by atoms with Crippen molar-refractivity contribution in [1.29, 1.82) is 0 Å². The standard InChI is InChI=1S/C17H16N2OS/c20-13-6-4-11-2-1-3-15(14(11)9-13)19-12-5-7-16-17(8-12)21-10-18-16/h4-10,15,19-20H,1-3H2. The van der Waals surface area contributed by atoms with E-state index in [0.29, 0.717) is 5.75 Å². The Hall–Kier alpha value is -2.07. The van der Waals surface area contributed by atoms with Gasteiger partial charge in [0.15, 0.2) is 0 Å². The molecule has 0 bridgehead atoms. The van der Waals surface area contributed by atoms with E-state index in [4.69, 9.17) is 0 Å². The lowest BCUT2D eigenvalue weighted by Crippen LogP contribution is -2.17. The summed E-state index contributed by atoms with van der Waals surface area (Å²) in [7, 11) is 0. The summed E-state index contributed by atoms with van der Waals surface area (Å²) in [5, 5.41) is 13.4. The smallest absolute Gasteiger partial charge is 0.115 e. The average molecular weight is 296 g/mol. The maximum absolute atomic E-state index is 9.75. The largest absolute Gasteiger partial charge is 0.508 e. The molecule has 1 atom stereocenters. The molecule has 0 saturated carbocycles. The fraction of sp³-hybridized carbons (Fsp3) is 0.235. The van der Waals surface area contributed by atoms with Crippen molar-refractivity contribution >= 4 is 27.2 Å². The molecule has 2 N–H and O–H groups in total. The fourth-order valence-electron chi connectivity index (χ4n) is 3.08. The zero-order valence-corrected chi connectivity index (χ0v) is 12.4. The summed E-state index contributed by atoms with van der Waals surface area (Å²) >= 11 is 1.66. The molecule has 21 heavy (non-hydrogen) atoms. The van der Waals surface area contributed by atoms with Crippen LogP contribution in [-0.4, -0.2) is 10.1 Å². The SMILES string of the molecule is Oc1ccc2c(c1)C(Nc1ccc3ncsc3c1)CCC2. The van der Waals surface area contributed by atoms with Crippen molar-refractivity contribution in [3.05, 3.63) is 53.0 Å². The van der Waals surface area contributed by atoms with Crippen molar-refractivity contribution in [3.63, 3.8) is 0 Å². The molecule has 0 radical (unpaired) electrons. The summed E-state index contributed by atoms with van der Waals surface area (Å²) in [6.45, 7) is 0. The van der Waals surface area contributed by atoms with Crippen LogP contribution in [0.2, 0.25) is 0 Å². The third kappa shape index (κ3) is 2.36. The van der Waals surface area contributed by atoms with Gasteiger partial charge in [0.1, 0.15) is 5.75 Å². The molecule has 0 spiro atoms. The molecule has 3 nitrogen and oxygen atoms in total. The fourth-order valence-corrected chi connectivity index (χ4v) is 3.80. The third-order valence-electron chi connectivity index (χ3n) is 4.12. The number of hydrogen-bond acceptors (Lipinski definition) is 4. The van der Waals surface area contributed by atoms with Crippen LogP contribution in [0.1, 0.15) is 30.0 Å². The van der Waals surface area contributed by atoms with Gasteiger partial charge in [-0.05, 0) is 60.7 Å². The van der Waals surface area contributed by atoms with Crippen LogP contribution in [-0.2, 0) is 6.42 Å². The van der Waals surface area contributed by atoms with E-state index < -0.39 is 0 Å². The number of fused-ring (bicyclic) bond motifs is 2. The van der Waals surface area contributed by atoms with Gasteiger partial charge in [-0.1, -0.05) is 6.07 Å². The van der Waals surface area contributed by atoms with E-state index in [-0.39, 0.29) is 6.04 Å². The van der Waals surface area contributed by atoms with Crippen LogP contribution >= 0.6 is 11.3 Å². The number of aromatic hydroxyl groups is 1. The predicted octanol–water partition coefficient (Wildman–Crippen LogP) is 4.49. The molecule has 1 aromatic heterocycles. The number of nitrogens with one attached hydrogen (secondary N) is 1. The first-order chi connectivity index (χ1) is 10.3. The first-order valence-electron chi connectivity index (χ1n) is 7.21. The van der Waals surface area contributed by atoms with Gasteiger partial charge in [-0.15, -0.1) is 11.3 Å². The van der Waals surface area contributed by atoms with E-state index >= 15 is 0 Å². The van der Waals surface area contributed by atoms with Crippen molar-refractivity contribution in [2.75, 3.05) is 5.32 Å². The monoisotopic (exact) mass is 296 g/mol. The number of nitrogens with zero attached hydrogens (tertiary/aromatic N) is 1. The topological polar surface area (TPSA) is 45.1 Å². The predicted molar refractivity (Wildman–Crippen MR) is 87.0 cm³/mol. The minimum Gasteiger partial charge on any atom is -0.508 e. The van der Waals surface area contributed by atoms with Gasteiger partial charge >= 0.3 is 0 Å². The maximum atomic E-state index is 9.75. The highest BCUT2D eigenvalue weighted by molar-refractivity contribution is 7.16. The lowest BCUT2D eigenvalue weighted by Gasteiger charge is -2.27. The van der Waals surface area contributed by atoms with Gasteiger partial charge in [-0.3, -0.25) is 0 Å². The number of aromatic nitrogens is 1. The number of thiazole rings is 1. The zero-order valence-electron chi connectivity index (χ0n) is 11.5. The molecule has 1 aliphatic rings. The average Bonchev–Trinajstić information content (AvgIpc) is 2.95. The van der Waals surface area contributed by atoms with Crippen LogP contribution in [0.5, 0.6) is 5.75 Å². The Balaban J connectivity index is 1.67. The summed E-state index contributed by atoms with van der Waals surface area (Å²) in [6, 6.07) is 12.3. The van der Waals surface area contributed by atoms with Crippen LogP contribution in [0, 0.1) is 0 Å². The summed E-state index contributed by atoms with van der Waals surface area (Å²) in [4.78, 5) is 4.31. The van der Waals surface area contributed by atoms with Gasteiger partial charge < -0.3 is 10.4 Å². The summed E-state index contributed by atoms with van der Waals surface area (Å²) < 4.78 is 1.20. The number of benzene rings is 2. The molecular weight excluding hydrogens is 280 g/mol. The molecule has 4 rings (SSSR count). The van der Waals surface area contributed by atoms with Crippen molar-refractivity contribution < 1.29 is 5.11 Å². The van der Waals surface area contributed by atoms with Crippen LogP contribution in [0.3, 0.4) is 0 Å². The lowest BCUT2D eigenvalue weighted by atomic mass is 9.87. The zero-order chi connectivity index (χ0) is 14.2. The molecular formula is C17H16N2OS. The highest BCUT2D eigenvalue weighted by Crippen LogP contribution is 2.35. The van der Waals surface area contributed by atoms with Gasteiger partial charge in [0.2, 0.25) is 0 Å². The summed E-state index contributed by atoms with van der Waals surface area (Å²) in [5.41, 5.74) is 6.61. The van der Waals surface area contributed by atoms with Crippen LogP contribution in [0.4, 0.5) is 5.69 Å². The molecule has 3 aromatic rings. The first kappa shape index (κ1) is 12.7. The van der Waals surface area contributed by atoms with Gasteiger partial charge in [0.25, 0.3) is 0 Å². The summed E-state index contributed by atoms with van der Waals surface area (Å²) in [5.74, 6) is 0.348. The molecule has 0 amide bonds. The normalized spacial score (nSPS) is 17.6. The quantitative estimate of drug-likeness (QED) is 0.732. The van der Waals surface area contributed by atoms with Crippen molar-refractivity contribution in [1.82, 2.24) is 4.98 Å². The second-order valence-corrected chi connectivity index (χ2v) is 6.39. The number of hydrogen-bond donors (Lipinski definition) is 2. The van der Waals surface area contributed by atoms with Gasteiger partial charge in [0.05, 0.1) is 21.8 Å². The van der Waals surface area contributed by atoms with Crippen molar-refractivity contribution in [3.8, 4) is 5.75 Å². The summed E-state index contributed by atoms with van der Waals surface area (Å²) in [6.07, 6.45) is 3.37. The Labute approximate surface area is 127 Å². The van der Waals surface area contributed by atoms with Crippen molar-refractivity contribution in [2.45, 2.75) is 25.3 Å². The number of phenolic OH excluding ortho intramolecular Hbond substituents is 1.